The van der Waals surface area contributed by atoms with Crippen LogP contribution < -0.4 is 11.2 Å². The van der Waals surface area contributed by atoms with E-state index in [1.807, 2.05) is 0 Å². The zero-order chi connectivity index (χ0) is 17.3. The number of imidazole rings is 1. The molecule has 2 aromatic heterocycles. The normalized spacial score (nSPS) is 11.0. The van der Waals surface area contributed by atoms with Crippen molar-refractivity contribution in [2.24, 2.45) is 14.1 Å². The molecule has 2 rings (SSSR count). The van der Waals surface area contributed by atoms with Crippen LogP contribution in [0.3, 0.4) is 0 Å². The summed E-state index contributed by atoms with van der Waals surface area (Å²) in [5.41, 5.74) is -0.714. The highest BCUT2D eigenvalue weighted by Crippen LogP contribution is 2.05. The molecule has 23 heavy (non-hydrogen) atoms. The molecule has 0 aliphatic carbocycles. The molecule has 2 heterocycles. The van der Waals surface area contributed by atoms with E-state index in [0.29, 0.717) is 0 Å². The van der Waals surface area contributed by atoms with Crippen LogP contribution in [0.5, 0.6) is 0 Å². The molecule has 0 radical (unpaired) electrons. The maximum absolute atomic E-state index is 12.6. The number of carbonyl (C=O) groups is 2. The van der Waals surface area contributed by atoms with E-state index < -0.39 is 29.7 Å². The van der Waals surface area contributed by atoms with Crippen molar-refractivity contribution >= 4 is 23.0 Å². The van der Waals surface area contributed by atoms with Gasteiger partial charge in [-0.25, -0.2) is 14.3 Å². The number of hydrogen-bond acceptors (Lipinski definition) is 5. The number of imide groups is 1. The smallest absolute Gasteiger partial charge is 0.328 e. The number of aromatic nitrogens is 4. The van der Waals surface area contributed by atoms with Gasteiger partial charge in [0.15, 0.2) is 11.2 Å². The van der Waals surface area contributed by atoms with Gasteiger partial charge in [0.05, 0.1) is 6.33 Å². The summed E-state index contributed by atoms with van der Waals surface area (Å²) in [6.07, 6.45) is 1.64. The number of rotatable bonds is 4. The van der Waals surface area contributed by atoms with Crippen molar-refractivity contribution in [2.45, 2.75) is 33.4 Å². The molecule has 9 nitrogen and oxygen atoms in total. The van der Waals surface area contributed by atoms with Crippen LogP contribution in [0.4, 0.5) is 0 Å². The fraction of sp³-hybridized carbons (Fsp3) is 0.500. The lowest BCUT2D eigenvalue weighted by Gasteiger charge is -2.20. The van der Waals surface area contributed by atoms with Gasteiger partial charge in [-0.2, -0.15) is 0 Å². The first-order chi connectivity index (χ1) is 10.8. The van der Waals surface area contributed by atoms with Crippen molar-refractivity contribution in [3.63, 3.8) is 0 Å². The first-order valence-corrected chi connectivity index (χ1v) is 7.27. The first-order valence-electron chi connectivity index (χ1n) is 7.27. The zero-order valence-electron chi connectivity index (χ0n) is 13.6. The Morgan fingerprint density at radius 1 is 1.13 bits per heavy atom. The highest BCUT2D eigenvalue weighted by Gasteiger charge is 2.22. The van der Waals surface area contributed by atoms with E-state index in [1.165, 1.54) is 22.5 Å². The third kappa shape index (κ3) is 2.69. The highest BCUT2D eigenvalue weighted by molar-refractivity contribution is 5.94. The molecule has 0 bridgehead atoms. The fourth-order valence-electron chi connectivity index (χ4n) is 2.34. The SMILES string of the molecule is CCC(=O)N(Cn1c(=O)c2c(ncn2C)n(C)c1=O)C(=O)CC. The van der Waals surface area contributed by atoms with Crippen molar-refractivity contribution in [2.75, 3.05) is 0 Å². The van der Waals surface area contributed by atoms with Gasteiger partial charge in [0.1, 0.15) is 6.67 Å². The summed E-state index contributed by atoms with van der Waals surface area (Å²) in [5, 5.41) is 0. The van der Waals surface area contributed by atoms with Gasteiger partial charge in [0.2, 0.25) is 11.8 Å². The lowest BCUT2D eigenvalue weighted by atomic mass is 10.3. The van der Waals surface area contributed by atoms with Gasteiger partial charge >= 0.3 is 5.69 Å². The van der Waals surface area contributed by atoms with Gasteiger partial charge in [-0.1, -0.05) is 13.8 Å². The molecule has 0 N–H and O–H groups in total. The van der Waals surface area contributed by atoms with Crippen LogP contribution in [-0.4, -0.2) is 35.4 Å². The van der Waals surface area contributed by atoms with Crippen LogP contribution in [0, 0.1) is 0 Å². The van der Waals surface area contributed by atoms with Crippen LogP contribution in [0.15, 0.2) is 15.9 Å². The minimum Gasteiger partial charge on any atom is -0.328 e. The lowest BCUT2D eigenvalue weighted by molar-refractivity contribution is -0.146. The van der Waals surface area contributed by atoms with Crippen molar-refractivity contribution in [3.05, 3.63) is 27.2 Å². The largest absolute Gasteiger partial charge is 0.334 e. The molecule has 0 spiro atoms. The molecule has 0 aliphatic rings. The van der Waals surface area contributed by atoms with Crippen molar-refractivity contribution in [3.8, 4) is 0 Å². The monoisotopic (exact) mass is 321 g/mol. The Hall–Kier alpha value is -2.71. The Labute approximate surface area is 131 Å². The van der Waals surface area contributed by atoms with E-state index in [1.54, 1.807) is 20.9 Å². The number of hydrogen-bond donors (Lipinski definition) is 0. The van der Waals surface area contributed by atoms with Gasteiger partial charge in [0.25, 0.3) is 5.56 Å². The van der Waals surface area contributed by atoms with Crippen LogP contribution in [-0.2, 0) is 30.4 Å². The summed E-state index contributed by atoms with van der Waals surface area (Å²) in [6, 6.07) is 0. The molecular formula is C14H19N5O4. The van der Waals surface area contributed by atoms with E-state index >= 15 is 0 Å². The molecule has 0 saturated heterocycles. The molecule has 2 aromatic rings. The number of fused-ring (bicyclic) bond motifs is 1. The maximum Gasteiger partial charge on any atom is 0.334 e. The Morgan fingerprint density at radius 3 is 2.22 bits per heavy atom. The van der Waals surface area contributed by atoms with E-state index in [-0.39, 0.29) is 24.0 Å². The molecule has 2 amide bonds. The molecule has 9 heteroatoms. The molecule has 0 aromatic carbocycles. The van der Waals surface area contributed by atoms with E-state index in [0.717, 1.165) is 9.47 Å². The average molecular weight is 321 g/mol. The Balaban J connectivity index is 2.65. The minimum atomic E-state index is -0.626. The van der Waals surface area contributed by atoms with Crippen LogP contribution in [0.1, 0.15) is 26.7 Å². The van der Waals surface area contributed by atoms with Crippen LogP contribution in [0.25, 0.3) is 11.2 Å². The zero-order valence-corrected chi connectivity index (χ0v) is 13.6. The van der Waals surface area contributed by atoms with E-state index in [9.17, 15) is 19.2 Å². The topological polar surface area (TPSA) is 99.2 Å². The molecule has 0 aliphatic heterocycles. The Morgan fingerprint density at radius 2 is 1.70 bits per heavy atom. The average Bonchev–Trinajstić information content (AvgIpc) is 2.93. The lowest BCUT2D eigenvalue weighted by Crippen LogP contribution is -2.47. The minimum absolute atomic E-state index is 0.106. The van der Waals surface area contributed by atoms with Crippen molar-refractivity contribution in [1.29, 1.82) is 0 Å². The molecule has 0 unspecified atom stereocenters. The highest BCUT2D eigenvalue weighted by atomic mass is 16.2. The molecule has 124 valence electrons. The standard InChI is InChI=1S/C14H19N5O4/c1-5-9(20)18(10(21)6-2)8-19-13(22)11-12(15-7-16(11)3)17(4)14(19)23/h7H,5-6,8H2,1-4H3. The maximum atomic E-state index is 12.6. The molecule has 0 fully saturated rings. The summed E-state index contributed by atoms with van der Waals surface area (Å²) < 4.78 is 3.61. The van der Waals surface area contributed by atoms with Crippen LogP contribution in [0.2, 0.25) is 0 Å². The number of carbonyl (C=O) groups excluding carboxylic acids is 2. The summed E-state index contributed by atoms with van der Waals surface area (Å²) in [6.45, 7) is 2.83. The van der Waals surface area contributed by atoms with Gasteiger partial charge in [-0.05, 0) is 0 Å². The second-order valence-corrected chi connectivity index (χ2v) is 5.17. The number of amides is 2. The second-order valence-electron chi connectivity index (χ2n) is 5.17. The van der Waals surface area contributed by atoms with Gasteiger partial charge in [-0.15, -0.1) is 0 Å². The predicted octanol–water partition coefficient (Wildman–Crippen LogP) is -0.434. The van der Waals surface area contributed by atoms with Crippen molar-refractivity contribution in [1.82, 2.24) is 23.6 Å². The summed E-state index contributed by atoms with van der Waals surface area (Å²) in [5.74, 6) is -0.869. The predicted molar refractivity (Wildman–Crippen MR) is 82.7 cm³/mol. The van der Waals surface area contributed by atoms with Gasteiger partial charge in [0, 0.05) is 26.9 Å². The summed E-state index contributed by atoms with van der Waals surface area (Å²) in [7, 11) is 3.12. The number of nitrogens with zero attached hydrogens (tertiary/aromatic N) is 5. The van der Waals surface area contributed by atoms with Crippen molar-refractivity contribution < 1.29 is 9.59 Å². The summed E-state index contributed by atoms with van der Waals surface area (Å²) in [4.78, 5) is 53.9. The third-order valence-corrected chi connectivity index (χ3v) is 3.69. The summed E-state index contributed by atoms with van der Waals surface area (Å²) >= 11 is 0. The second kappa shape index (κ2) is 6.19. The molecular weight excluding hydrogens is 302 g/mol. The van der Waals surface area contributed by atoms with E-state index in [2.05, 4.69) is 4.98 Å². The Bertz CT molecular complexity index is 873. The first kappa shape index (κ1) is 16.7. The van der Waals surface area contributed by atoms with Gasteiger partial charge in [-0.3, -0.25) is 23.9 Å². The third-order valence-electron chi connectivity index (χ3n) is 3.69. The Kier molecular flexibility index (Phi) is 4.48. The molecule has 0 saturated carbocycles. The fourth-order valence-corrected chi connectivity index (χ4v) is 2.34. The van der Waals surface area contributed by atoms with Crippen LogP contribution >= 0.6 is 0 Å². The van der Waals surface area contributed by atoms with Gasteiger partial charge < -0.3 is 4.57 Å². The quantitative estimate of drug-likeness (QED) is 0.760. The van der Waals surface area contributed by atoms with E-state index in [4.69, 9.17) is 0 Å². The molecule has 0 atom stereocenters. The number of aryl methyl sites for hydroxylation is 2.